The quantitative estimate of drug-likeness (QED) is 0.871. The molecule has 2 heterocycles. The average molecular weight is 260 g/mol. The highest BCUT2D eigenvalue weighted by molar-refractivity contribution is 5.94. The van der Waals surface area contributed by atoms with Crippen molar-refractivity contribution >= 4 is 11.9 Å². The second kappa shape index (κ2) is 5.34. The minimum absolute atomic E-state index is 0.0989. The summed E-state index contributed by atoms with van der Waals surface area (Å²) in [4.78, 5) is 26.1. The molecule has 0 aliphatic heterocycles. The van der Waals surface area contributed by atoms with Crippen molar-refractivity contribution in [3.05, 3.63) is 53.2 Å². The van der Waals surface area contributed by atoms with Gasteiger partial charge in [-0.15, -0.1) is 0 Å². The second-order valence-corrected chi connectivity index (χ2v) is 3.93. The Morgan fingerprint density at radius 3 is 2.63 bits per heavy atom. The molecule has 1 amide bonds. The van der Waals surface area contributed by atoms with Crippen LogP contribution in [0.1, 0.15) is 32.4 Å². The van der Waals surface area contributed by atoms with Gasteiger partial charge in [-0.25, -0.2) is 9.78 Å². The lowest BCUT2D eigenvalue weighted by Crippen LogP contribution is -2.22. The number of rotatable bonds is 4. The first-order valence-corrected chi connectivity index (χ1v) is 5.59. The molecular weight excluding hydrogens is 248 g/mol. The number of pyridine rings is 1. The molecule has 2 rings (SSSR count). The minimum Gasteiger partial charge on any atom is -0.477 e. The first-order chi connectivity index (χ1) is 9.06. The van der Waals surface area contributed by atoms with Crippen molar-refractivity contribution in [2.24, 2.45) is 0 Å². The molecule has 0 aromatic carbocycles. The number of carboxylic acids is 1. The minimum atomic E-state index is -1.13. The number of nitrogens with one attached hydrogen (secondary N) is 1. The molecular formula is C13H12N2O4. The van der Waals surface area contributed by atoms with Crippen LogP contribution < -0.4 is 5.32 Å². The fourth-order valence-corrected chi connectivity index (χ4v) is 1.50. The molecule has 0 aliphatic carbocycles. The third-order valence-corrected chi connectivity index (χ3v) is 2.46. The van der Waals surface area contributed by atoms with Crippen molar-refractivity contribution in [2.45, 2.75) is 13.5 Å². The summed E-state index contributed by atoms with van der Waals surface area (Å²) < 4.78 is 5.31. The Kier molecular flexibility index (Phi) is 3.61. The number of aryl methyl sites for hydroxylation is 1. The molecule has 0 saturated carbocycles. The summed E-state index contributed by atoms with van der Waals surface area (Å²) in [6, 6.07) is 6.29. The van der Waals surface area contributed by atoms with Gasteiger partial charge in [0.25, 0.3) is 5.91 Å². The Balaban J connectivity index is 1.98. The maximum absolute atomic E-state index is 11.8. The van der Waals surface area contributed by atoms with E-state index in [4.69, 9.17) is 9.52 Å². The van der Waals surface area contributed by atoms with Crippen molar-refractivity contribution in [3.63, 3.8) is 0 Å². The van der Waals surface area contributed by atoms with Gasteiger partial charge in [-0.2, -0.15) is 0 Å². The third kappa shape index (κ3) is 3.19. The lowest BCUT2D eigenvalue weighted by Gasteiger charge is -2.03. The van der Waals surface area contributed by atoms with Gasteiger partial charge in [0.1, 0.15) is 17.2 Å². The molecule has 0 saturated heterocycles. The Labute approximate surface area is 109 Å². The molecule has 0 aliphatic rings. The summed E-state index contributed by atoms with van der Waals surface area (Å²) in [6.07, 6.45) is 1.23. The Morgan fingerprint density at radius 1 is 1.32 bits per heavy atom. The molecule has 0 radical (unpaired) electrons. The summed E-state index contributed by atoms with van der Waals surface area (Å²) in [5, 5.41) is 11.4. The second-order valence-electron chi connectivity index (χ2n) is 3.93. The molecule has 6 nitrogen and oxygen atoms in total. The number of carboxylic acid groups (broad SMARTS) is 1. The van der Waals surface area contributed by atoms with Crippen LogP contribution >= 0.6 is 0 Å². The van der Waals surface area contributed by atoms with E-state index in [1.165, 1.54) is 18.3 Å². The fourth-order valence-electron chi connectivity index (χ4n) is 1.50. The Bertz CT molecular complexity index is 601. The predicted octanol–water partition coefficient (Wildman–Crippen LogP) is 1.61. The molecule has 0 bridgehead atoms. The van der Waals surface area contributed by atoms with Gasteiger partial charge in [0.15, 0.2) is 0 Å². The molecule has 0 spiro atoms. The van der Waals surface area contributed by atoms with Gasteiger partial charge in [-0.05, 0) is 31.2 Å². The van der Waals surface area contributed by atoms with Crippen molar-refractivity contribution in [1.82, 2.24) is 10.3 Å². The summed E-state index contributed by atoms with van der Waals surface area (Å²) in [5.74, 6) is -0.0331. The van der Waals surface area contributed by atoms with E-state index in [0.717, 1.165) is 5.76 Å². The standard InChI is InChI=1S/C13H12N2O4/c1-8-2-4-10(19-8)7-15-12(16)9-3-5-11(13(17)18)14-6-9/h2-6H,7H2,1H3,(H,15,16)(H,17,18). The number of amides is 1. The summed E-state index contributed by atoms with van der Waals surface area (Å²) in [6.45, 7) is 2.09. The molecule has 0 fully saturated rings. The van der Waals surface area contributed by atoms with Gasteiger partial charge in [0, 0.05) is 6.20 Å². The van der Waals surface area contributed by atoms with Crippen molar-refractivity contribution in [2.75, 3.05) is 0 Å². The van der Waals surface area contributed by atoms with Gasteiger partial charge in [0.2, 0.25) is 0 Å². The summed E-state index contributed by atoms with van der Waals surface area (Å²) >= 11 is 0. The molecule has 0 atom stereocenters. The maximum atomic E-state index is 11.8. The van der Waals surface area contributed by atoms with E-state index in [9.17, 15) is 9.59 Å². The van der Waals surface area contributed by atoms with Crippen LogP contribution in [0, 0.1) is 6.92 Å². The van der Waals surface area contributed by atoms with E-state index in [1.54, 1.807) is 6.07 Å². The molecule has 19 heavy (non-hydrogen) atoms. The third-order valence-electron chi connectivity index (χ3n) is 2.46. The van der Waals surface area contributed by atoms with E-state index in [0.29, 0.717) is 11.3 Å². The van der Waals surface area contributed by atoms with Crippen LogP contribution in [-0.2, 0) is 6.54 Å². The van der Waals surface area contributed by atoms with Crippen LogP contribution in [0.15, 0.2) is 34.9 Å². The Morgan fingerprint density at radius 2 is 2.11 bits per heavy atom. The molecule has 2 aromatic rings. The van der Waals surface area contributed by atoms with Crippen molar-refractivity contribution < 1.29 is 19.1 Å². The highest BCUT2D eigenvalue weighted by atomic mass is 16.4. The Hall–Kier alpha value is -2.63. The van der Waals surface area contributed by atoms with E-state index < -0.39 is 5.97 Å². The zero-order valence-corrected chi connectivity index (χ0v) is 10.2. The van der Waals surface area contributed by atoms with Gasteiger partial charge in [0.05, 0.1) is 12.1 Å². The zero-order chi connectivity index (χ0) is 13.8. The number of aromatic carboxylic acids is 1. The normalized spacial score (nSPS) is 10.2. The number of furan rings is 1. The van der Waals surface area contributed by atoms with Crippen molar-refractivity contribution in [1.29, 1.82) is 0 Å². The zero-order valence-electron chi connectivity index (χ0n) is 10.2. The topological polar surface area (TPSA) is 92.4 Å². The van der Waals surface area contributed by atoms with Gasteiger partial charge >= 0.3 is 5.97 Å². The maximum Gasteiger partial charge on any atom is 0.354 e. The van der Waals surface area contributed by atoms with Crippen LogP contribution in [0.25, 0.3) is 0 Å². The van der Waals surface area contributed by atoms with Crippen LogP contribution in [0.2, 0.25) is 0 Å². The predicted molar refractivity (Wildman–Crippen MR) is 65.8 cm³/mol. The molecule has 2 aromatic heterocycles. The van der Waals surface area contributed by atoms with Gasteiger partial charge in [-0.3, -0.25) is 4.79 Å². The largest absolute Gasteiger partial charge is 0.477 e. The van der Waals surface area contributed by atoms with Crippen LogP contribution in [0.4, 0.5) is 0 Å². The first-order valence-electron chi connectivity index (χ1n) is 5.59. The SMILES string of the molecule is Cc1ccc(CNC(=O)c2ccc(C(=O)O)nc2)o1. The smallest absolute Gasteiger partial charge is 0.354 e. The first kappa shape index (κ1) is 12.8. The van der Waals surface area contributed by atoms with Crippen LogP contribution in [0.3, 0.4) is 0 Å². The lowest BCUT2D eigenvalue weighted by atomic mass is 10.2. The monoisotopic (exact) mass is 260 g/mol. The number of hydrogen-bond acceptors (Lipinski definition) is 4. The van der Waals surface area contributed by atoms with Gasteiger partial charge in [-0.1, -0.05) is 0 Å². The highest BCUT2D eigenvalue weighted by Crippen LogP contribution is 2.06. The van der Waals surface area contributed by atoms with E-state index >= 15 is 0 Å². The fraction of sp³-hybridized carbons (Fsp3) is 0.154. The lowest BCUT2D eigenvalue weighted by molar-refractivity contribution is 0.0689. The number of carbonyl (C=O) groups is 2. The van der Waals surface area contributed by atoms with E-state index in [-0.39, 0.29) is 18.1 Å². The number of carbonyl (C=O) groups excluding carboxylic acids is 1. The number of nitrogens with zero attached hydrogens (tertiary/aromatic N) is 1. The molecule has 2 N–H and O–H groups in total. The highest BCUT2D eigenvalue weighted by Gasteiger charge is 2.09. The summed E-state index contributed by atoms with van der Waals surface area (Å²) in [7, 11) is 0. The van der Waals surface area contributed by atoms with E-state index in [1.807, 2.05) is 13.0 Å². The average Bonchev–Trinajstić information content (AvgIpc) is 2.82. The number of aromatic nitrogens is 1. The molecule has 0 unspecified atom stereocenters. The number of hydrogen-bond donors (Lipinski definition) is 2. The van der Waals surface area contributed by atoms with Crippen LogP contribution in [0.5, 0.6) is 0 Å². The van der Waals surface area contributed by atoms with E-state index in [2.05, 4.69) is 10.3 Å². The van der Waals surface area contributed by atoms with Gasteiger partial charge < -0.3 is 14.8 Å². The molecule has 98 valence electrons. The summed E-state index contributed by atoms with van der Waals surface area (Å²) in [5.41, 5.74) is 0.200. The molecule has 6 heteroatoms. The van der Waals surface area contributed by atoms with Crippen LogP contribution in [-0.4, -0.2) is 22.0 Å². The van der Waals surface area contributed by atoms with Crippen molar-refractivity contribution in [3.8, 4) is 0 Å².